The van der Waals surface area contributed by atoms with Crippen molar-refractivity contribution in [2.24, 2.45) is 5.92 Å². The van der Waals surface area contributed by atoms with Crippen LogP contribution in [-0.4, -0.2) is 25.2 Å². The summed E-state index contributed by atoms with van der Waals surface area (Å²) in [7, 11) is 0. The third kappa shape index (κ3) is 3.22. The van der Waals surface area contributed by atoms with Crippen molar-refractivity contribution in [2.45, 2.75) is 19.9 Å². The fourth-order valence-corrected chi connectivity index (χ4v) is 3.31. The van der Waals surface area contributed by atoms with E-state index in [4.69, 9.17) is 9.47 Å². The molecule has 0 radical (unpaired) electrons. The van der Waals surface area contributed by atoms with Gasteiger partial charge >= 0.3 is 0 Å². The number of ether oxygens (including phenoxy) is 2. The van der Waals surface area contributed by atoms with Gasteiger partial charge in [0.2, 0.25) is 18.6 Å². The predicted octanol–water partition coefficient (Wildman–Crippen LogP) is 2.39. The second-order valence-corrected chi connectivity index (χ2v) is 6.65. The largest absolute Gasteiger partial charge is 0.454 e. The number of amides is 2. The van der Waals surface area contributed by atoms with Crippen molar-refractivity contribution in [3.05, 3.63) is 53.6 Å². The Kier molecular flexibility index (Phi) is 4.24. The SMILES string of the molecule is Cc1cccc(N2CC(C(=O)NCc3ccc4c(c3)OCO4)CC2=O)c1. The first-order valence-electron chi connectivity index (χ1n) is 8.63. The van der Waals surface area contributed by atoms with Crippen molar-refractivity contribution >= 4 is 17.5 Å². The molecule has 0 bridgehead atoms. The minimum Gasteiger partial charge on any atom is -0.454 e. The van der Waals surface area contributed by atoms with E-state index in [0.717, 1.165) is 22.6 Å². The van der Waals surface area contributed by atoms with Gasteiger partial charge < -0.3 is 19.7 Å². The Balaban J connectivity index is 1.37. The van der Waals surface area contributed by atoms with Gasteiger partial charge in [-0.3, -0.25) is 9.59 Å². The molecule has 6 nitrogen and oxygen atoms in total. The molecule has 1 unspecified atom stereocenters. The van der Waals surface area contributed by atoms with Gasteiger partial charge in [-0.1, -0.05) is 18.2 Å². The van der Waals surface area contributed by atoms with Crippen LogP contribution in [0.15, 0.2) is 42.5 Å². The smallest absolute Gasteiger partial charge is 0.231 e. The molecule has 1 saturated heterocycles. The van der Waals surface area contributed by atoms with E-state index in [1.165, 1.54) is 0 Å². The number of hydrogen-bond donors (Lipinski definition) is 1. The highest BCUT2D eigenvalue weighted by atomic mass is 16.7. The lowest BCUT2D eigenvalue weighted by molar-refractivity contribution is -0.126. The maximum atomic E-state index is 12.5. The van der Waals surface area contributed by atoms with E-state index in [1.54, 1.807) is 4.90 Å². The van der Waals surface area contributed by atoms with Crippen molar-refractivity contribution in [3.8, 4) is 11.5 Å². The first-order chi connectivity index (χ1) is 12.6. The third-order valence-electron chi connectivity index (χ3n) is 4.71. The quantitative estimate of drug-likeness (QED) is 0.917. The van der Waals surface area contributed by atoms with Gasteiger partial charge in [-0.2, -0.15) is 0 Å². The molecule has 6 heteroatoms. The van der Waals surface area contributed by atoms with Gasteiger partial charge in [-0.15, -0.1) is 0 Å². The second kappa shape index (κ2) is 6.71. The minimum absolute atomic E-state index is 0.0150. The summed E-state index contributed by atoms with van der Waals surface area (Å²) in [6, 6.07) is 13.4. The highest BCUT2D eigenvalue weighted by molar-refractivity contribution is 6.00. The fraction of sp³-hybridized carbons (Fsp3) is 0.300. The van der Waals surface area contributed by atoms with Crippen LogP contribution in [0.2, 0.25) is 0 Å². The molecule has 26 heavy (non-hydrogen) atoms. The lowest BCUT2D eigenvalue weighted by atomic mass is 10.1. The van der Waals surface area contributed by atoms with Crippen molar-refractivity contribution in [2.75, 3.05) is 18.2 Å². The molecule has 2 aliphatic rings. The summed E-state index contributed by atoms with van der Waals surface area (Å²) in [4.78, 5) is 26.5. The topological polar surface area (TPSA) is 67.9 Å². The number of fused-ring (bicyclic) bond motifs is 1. The number of carbonyl (C=O) groups is 2. The summed E-state index contributed by atoms with van der Waals surface area (Å²) in [6.07, 6.45) is 0.237. The molecule has 1 fully saturated rings. The van der Waals surface area contributed by atoms with Crippen molar-refractivity contribution in [1.82, 2.24) is 5.32 Å². The molecule has 2 amide bonds. The van der Waals surface area contributed by atoms with Crippen LogP contribution in [0, 0.1) is 12.8 Å². The second-order valence-electron chi connectivity index (χ2n) is 6.65. The van der Waals surface area contributed by atoms with E-state index >= 15 is 0 Å². The molecule has 0 spiro atoms. The Morgan fingerprint density at radius 3 is 2.88 bits per heavy atom. The van der Waals surface area contributed by atoms with Gasteiger partial charge in [0, 0.05) is 25.2 Å². The summed E-state index contributed by atoms with van der Waals surface area (Å²) in [5.41, 5.74) is 2.87. The van der Waals surface area contributed by atoms with Gasteiger partial charge in [-0.05, 0) is 42.3 Å². The van der Waals surface area contributed by atoms with Crippen LogP contribution in [-0.2, 0) is 16.1 Å². The highest BCUT2D eigenvalue weighted by Gasteiger charge is 2.35. The predicted molar refractivity (Wildman–Crippen MR) is 96.1 cm³/mol. The molecule has 2 heterocycles. The zero-order valence-corrected chi connectivity index (χ0v) is 14.5. The van der Waals surface area contributed by atoms with Gasteiger partial charge in [-0.25, -0.2) is 0 Å². The monoisotopic (exact) mass is 352 g/mol. The summed E-state index contributed by atoms with van der Waals surface area (Å²) in [5.74, 6) is 0.954. The Morgan fingerprint density at radius 1 is 1.19 bits per heavy atom. The molecule has 4 rings (SSSR count). The van der Waals surface area contributed by atoms with Crippen LogP contribution in [0.25, 0.3) is 0 Å². The van der Waals surface area contributed by atoms with E-state index in [1.807, 2.05) is 49.4 Å². The normalized spacial score (nSPS) is 18.3. The van der Waals surface area contributed by atoms with Crippen molar-refractivity contribution in [3.63, 3.8) is 0 Å². The number of nitrogens with zero attached hydrogens (tertiary/aromatic N) is 1. The summed E-state index contributed by atoms with van der Waals surface area (Å²) >= 11 is 0. The fourth-order valence-electron chi connectivity index (χ4n) is 3.31. The molecule has 0 aromatic heterocycles. The van der Waals surface area contributed by atoms with Gasteiger partial charge in [0.25, 0.3) is 0 Å². The third-order valence-corrected chi connectivity index (χ3v) is 4.71. The number of rotatable bonds is 4. The number of carbonyl (C=O) groups excluding carboxylic acids is 2. The van der Waals surface area contributed by atoms with E-state index < -0.39 is 0 Å². The highest BCUT2D eigenvalue weighted by Crippen LogP contribution is 2.32. The molecule has 2 aromatic carbocycles. The first-order valence-corrected chi connectivity index (χ1v) is 8.63. The number of nitrogens with one attached hydrogen (secondary N) is 1. The van der Waals surface area contributed by atoms with Crippen LogP contribution in [0.3, 0.4) is 0 Å². The van der Waals surface area contributed by atoms with E-state index in [-0.39, 0.29) is 30.9 Å². The minimum atomic E-state index is -0.336. The lowest BCUT2D eigenvalue weighted by Crippen LogP contribution is -2.32. The van der Waals surface area contributed by atoms with Crippen LogP contribution >= 0.6 is 0 Å². The molecule has 2 aliphatic heterocycles. The van der Waals surface area contributed by atoms with Gasteiger partial charge in [0.15, 0.2) is 11.5 Å². The average Bonchev–Trinajstić information content (AvgIpc) is 3.25. The maximum absolute atomic E-state index is 12.5. The van der Waals surface area contributed by atoms with Crippen molar-refractivity contribution in [1.29, 1.82) is 0 Å². The first kappa shape index (κ1) is 16.4. The maximum Gasteiger partial charge on any atom is 0.231 e. The molecule has 0 saturated carbocycles. The number of benzene rings is 2. The van der Waals surface area contributed by atoms with Crippen LogP contribution in [0.1, 0.15) is 17.5 Å². The number of anilines is 1. The Bertz CT molecular complexity index is 865. The van der Waals surface area contributed by atoms with Crippen LogP contribution in [0.4, 0.5) is 5.69 Å². The Hall–Kier alpha value is -3.02. The van der Waals surface area contributed by atoms with Gasteiger partial charge in [0.05, 0.1) is 5.92 Å². The molecule has 2 aromatic rings. The van der Waals surface area contributed by atoms with Gasteiger partial charge in [0.1, 0.15) is 0 Å². The summed E-state index contributed by atoms with van der Waals surface area (Å²) in [5, 5.41) is 2.92. The standard InChI is InChI=1S/C20H20N2O4/c1-13-3-2-4-16(7-13)22-11-15(9-19(22)23)20(24)21-10-14-5-6-17-18(8-14)26-12-25-17/h2-8,15H,9-12H2,1H3,(H,21,24). The van der Waals surface area contributed by atoms with E-state index in [0.29, 0.717) is 18.8 Å². The molecule has 0 aliphatic carbocycles. The summed E-state index contributed by atoms with van der Waals surface area (Å²) < 4.78 is 10.6. The average molecular weight is 352 g/mol. The Labute approximate surface area is 151 Å². The lowest BCUT2D eigenvalue weighted by Gasteiger charge is -2.17. The molecular formula is C20H20N2O4. The van der Waals surface area contributed by atoms with Crippen LogP contribution < -0.4 is 19.7 Å². The summed E-state index contributed by atoms with van der Waals surface area (Å²) in [6.45, 7) is 3.02. The van der Waals surface area contributed by atoms with Crippen LogP contribution in [0.5, 0.6) is 11.5 Å². The number of hydrogen-bond acceptors (Lipinski definition) is 4. The molecule has 1 N–H and O–H groups in total. The van der Waals surface area contributed by atoms with Crippen molar-refractivity contribution < 1.29 is 19.1 Å². The van der Waals surface area contributed by atoms with E-state index in [2.05, 4.69) is 5.32 Å². The molecule has 134 valence electrons. The Morgan fingerprint density at radius 2 is 2.04 bits per heavy atom. The zero-order chi connectivity index (χ0) is 18.1. The molecule has 1 atom stereocenters. The number of aryl methyl sites for hydroxylation is 1. The zero-order valence-electron chi connectivity index (χ0n) is 14.5. The molecular weight excluding hydrogens is 332 g/mol. The van der Waals surface area contributed by atoms with E-state index in [9.17, 15) is 9.59 Å².